The van der Waals surface area contributed by atoms with E-state index in [-0.39, 0.29) is 17.2 Å². The number of nitro groups is 1. The molecule has 0 radical (unpaired) electrons. The minimum Gasteiger partial charge on any atom is -0.321 e. The second-order valence-electron chi connectivity index (χ2n) is 9.52. The molecule has 8 nitrogen and oxygen atoms in total. The smallest absolute Gasteiger partial charge is 0.272 e. The van der Waals surface area contributed by atoms with Crippen LogP contribution in [0.2, 0.25) is 0 Å². The second-order valence-corrected chi connectivity index (χ2v) is 9.52. The number of nitro benzene ring substituents is 1. The van der Waals surface area contributed by atoms with E-state index in [1.165, 1.54) is 18.2 Å². The standard InChI is InChI=1S/C35H25N3O5/c39-33(22-15-24-13-20-30(21-14-24)38(42)43)26-16-18-29(19-17-26)36-35(41)32(37-34(40)27-8-2-1-3-9-27)23-28-11-6-10-25-7-4-5-12-31(25)28/h1-23H,(H,36,41)(H,37,40)/b22-15+,32-23-. The topological polar surface area (TPSA) is 118 Å². The normalized spacial score (nSPS) is 11.3. The number of rotatable bonds is 9. The number of amides is 2. The van der Waals surface area contributed by atoms with Crippen LogP contribution in [0.25, 0.3) is 22.9 Å². The van der Waals surface area contributed by atoms with Gasteiger partial charge in [-0.15, -0.1) is 0 Å². The zero-order chi connectivity index (χ0) is 30.2. The van der Waals surface area contributed by atoms with Crippen molar-refractivity contribution in [3.05, 3.63) is 165 Å². The molecule has 5 rings (SSSR count). The maximum atomic E-state index is 13.4. The molecule has 5 aromatic rings. The minimum atomic E-state index is -0.533. The third-order valence-corrected chi connectivity index (χ3v) is 6.61. The van der Waals surface area contributed by atoms with Gasteiger partial charge in [-0.05, 0) is 82.6 Å². The number of benzene rings is 5. The van der Waals surface area contributed by atoms with Crippen molar-refractivity contribution in [2.75, 3.05) is 5.32 Å². The summed E-state index contributed by atoms with van der Waals surface area (Å²) < 4.78 is 0. The van der Waals surface area contributed by atoms with Gasteiger partial charge in [-0.3, -0.25) is 24.5 Å². The Balaban J connectivity index is 1.34. The van der Waals surface area contributed by atoms with Gasteiger partial charge in [0.2, 0.25) is 0 Å². The Hall–Kier alpha value is -6.15. The molecule has 0 aliphatic heterocycles. The van der Waals surface area contributed by atoms with E-state index in [4.69, 9.17) is 0 Å². The van der Waals surface area contributed by atoms with Crippen molar-refractivity contribution in [1.82, 2.24) is 5.32 Å². The van der Waals surface area contributed by atoms with E-state index < -0.39 is 16.7 Å². The van der Waals surface area contributed by atoms with Crippen LogP contribution in [0.1, 0.15) is 31.8 Å². The van der Waals surface area contributed by atoms with Gasteiger partial charge >= 0.3 is 0 Å². The number of fused-ring (bicyclic) bond motifs is 1. The average Bonchev–Trinajstić information content (AvgIpc) is 3.04. The van der Waals surface area contributed by atoms with Gasteiger partial charge in [-0.25, -0.2) is 0 Å². The Bertz CT molecular complexity index is 1870. The Morgan fingerprint density at radius 2 is 1.37 bits per heavy atom. The van der Waals surface area contributed by atoms with Gasteiger partial charge in [0.1, 0.15) is 5.70 Å². The first kappa shape index (κ1) is 28.4. The van der Waals surface area contributed by atoms with Gasteiger partial charge in [-0.1, -0.05) is 66.7 Å². The fraction of sp³-hybridized carbons (Fsp3) is 0. The van der Waals surface area contributed by atoms with Gasteiger partial charge < -0.3 is 10.6 Å². The van der Waals surface area contributed by atoms with Crippen molar-refractivity contribution in [3.63, 3.8) is 0 Å². The van der Waals surface area contributed by atoms with Crippen LogP contribution in [0.3, 0.4) is 0 Å². The van der Waals surface area contributed by atoms with Gasteiger partial charge in [-0.2, -0.15) is 0 Å². The molecule has 0 aliphatic rings. The first-order valence-corrected chi connectivity index (χ1v) is 13.3. The summed E-state index contributed by atoms with van der Waals surface area (Å²) in [6.45, 7) is 0. The minimum absolute atomic E-state index is 0.0316. The molecule has 0 saturated carbocycles. The number of hydrogen-bond donors (Lipinski definition) is 2. The lowest BCUT2D eigenvalue weighted by Crippen LogP contribution is -2.30. The summed E-state index contributed by atoms with van der Waals surface area (Å²) in [5.74, 6) is -1.24. The number of allylic oxidation sites excluding steroid dienone is 1. The second kappa shape index (κ2) is 13.0. The summed E-state index contributed by atoms with van der Waals surface area (Å²) in [6, 6.07) is 34.3. The SMILES string of the molecule is O=C(Nc1ccc(C(=O)/C=C/c2ccc([N+](=O)[O-])cc2)cc1)/C(=C/c1cccc2ccccc12)NC(=O)c1ccccc1. The average molecular weight is 568 g/mol. The maximum absolute atomic E-state index is 13.4. The van der Waals surface area contributed by atoms with Crippen LogP contribution in [0, 0.1) is 10.1 Å². The molecule has 0 saturated heterocycles. The summed E-state index contributed by atoms with van der Waals surface area (Å²) in [4.78, 5) is 49.4. The van der Waals surface area contributed by atoms with Crippen molar-refractivity contribution >= 4 is 51.9 Å². The van der Waals surface area contributed by atoms with Crippen molar-refractivity contribution in [2.24, 2.45) is 0 Å². The predicted molar refractivity (Wildman–Crippen MR) is 167 cm³/mol. The zero-order valence-corrected chi connectivity index (χ0v) is 22.8. The Labute approximate surface area is 247 Å². The Morgan fingerprint density at radius 1 is 0.698 bits per heavy atom. The van der Waals surface area contributed by atoms with E-state index >= 15 is 0 Å². The van der Waals surface area contributed by atoms with Crippen LogP contribution in [0.5, 0.6) is 0 Å². The maximum Gasteiger partial charge on any atom is 0.272 e. The van der Waals surface area contributed by atoms with Crippen LogP contribution in [-0.4, -0.2) is 22.5 Å². The third kappa shape index (κ3) is 7.14. The largest absolute Gasteiger partial charge is 0.321 e. The fourth-order valence-corrected chi connectivity index (χ4v) is 4.37. The molecule has 0 spiro atoms. The van der Waals surface area contributed by atoms with E-state index in [1.807, 2.05) is 42.5 Å². The van der Waals surface area contributed by atoms with Gasteiger partial charge in [0, 0.05) is 28.9 Å². The third-order valence-electron chi connectivity index (χ3n) is 6.61. The number of ketones is 1. The molecular formula is C35H25N3O5. The Morgan fingerprint density at radius 3 is 2.09 bits per heavy atom. The summed E-state index contributed by atoms with van der Waals surface area (Å²) in [5, 5.41) is 18.3. The number of nitrogens with zero attached hydrogens (tertiary/aromatic N) is 1. The molecule has 5 aromatic carbocycles. The molecule has 0 heterocycles. The molecule has 8 heteroatoms. The van der Waals surface area contributed by atoms with Crippen molar-refractivity contribution in [1.29, 1.82) is 0 Å². The van der Waals surface area contributed by atoms with E-state index in [0.29, 0.717) is 22.4 Å². The van der Waals surface area contributed by atoms with Crippen molar-refractivity contribution in [3.8, 4) is 0 Å². The molecule has 0 fully saturated rings. The van der Waals surface area contributed by atoms with Gasteiger partial charge in [0.25, 0.3) is 17.5 Å². The molecule has 0 unspecified atom stereocenters. The highest BCUT2D eigenvalue weighted by Crippen LogP contribution is 2.22. The molecule has 0 atom stereocenters. The van der Waals surface area contributed by atoms with Gasteiger partial charge in [0.15, 0.2) is 5.78 Å². The summed E-state index contributed by atoms with van der Waals surface area (Å²) in [7, 11) is 0. The molecule has 210 valence electrons. The van der Waals surface area contributed by atoms with E-state index in [2.05, 4.69) is 10.6 Å². The van der Waals surface area contributed by atoms with Crippen LogP contribution < -0.4 is 10.6 Å². The first-order valence-electron chi connectivity index (χ1n) is 13.3. The number of carbonyl (C=O) groups excluding carboxylic acids is 3. The van der Waals surface area contributed by atoms with E-state index in [1.54, 1.807) is 78.9 Å². The quantitative estimate of drug-likeness (QED) is 0.0856. The first-order chi connectivity index (χ1) is 20.9. The monoisotopic (exact) mass is 567 g/mol. The van der Waals surface area contributed by atoms with E-state index in [0.717, 1.165) is 16.3 Å². The summed E-state index contributed by atoms with van der Waals surface area (Å²) in [6.07, 6.45) is 4.58. The highest BCUT2D eigenvalue weighted by Gasteiger charge is 2.16. The van der Waals surface area contributed by atoms with Crippen LogP contribution in [-0.2, 0) is 4.79 Å². The van der Waals surface area contributed by atoms with Crippen LogP contribution in [0.15, 0.2) is 133 Å². The highest BCUT2D eigenvalue weighted by molar-refractivity contribution is 6.12. The number of carbonyl (C=O) groups is 3. The lowest BCUT2D eigenvalue weighted by molar-refractivity contribution is -0.384. The van der Waals surface area contributed by atoms with Crippen molar-refractivity contribution in [2.45, 2.75) is 0 Å². The fourth-order valence-electron chi connectivity index (χ4n) is 4.37. The van der Waals surface area contributed by atoms with Crippen molar-refractivity contribution < 1.29 is 19.3 Å². The molecular weight excluding hydrogens is 542 g/mol. The lowest BCUT2D eigenvalue weighted by atomic mass is 10.0. The molecule has 2 amide bonds. The lowest BCUT2D eigenvalue weighted by Gasteiger charge is -2.12. The van der Waals surface area contributed by atoms with Crippen LogP contribution in [0.4, 0.5) is 11.4 Å². The van der Waals surface area contributed by atoms with E-state index in [9.17, 15) is 24.5 Å². The van der Waals surface area contributed by atoms with Crippen LogP contribution >= 0.6 is 0 Å². The molecule has 0 aliphatic carbocycles. The summed E-state index contributed by atoms with van der Waals surface area (Å²) in [5.41, 5.74) is 2.65. The highest BCUT2D eigenvalue weighted by atomic mass is 16.6. The molecule has 43 heavy (non-hydrogen) atoms. The number of non-ortho nitro benzene ring substituents is 1. The predicted octanol–water partition coefficient (Wildman–Crippen LogP) is 7.05. The molecule has 2 N–H and O–H groups in total. The molecule has 0 aromatic heterocycles. The van der Waals surface area contributed by atoms with Gasteiger partial charge in [0.05, 0.1) is 4.92 Å². The summed E-state index contributed by atoms with van der Waals surface area (Å²) >= 11 is 0. The number of hydrogen-bond acceptors (Lipinski definition) is 5. The number of anilines is 1. The molecule has 0 bridgehead atoms. The Kier molecular flexibility index (Phi) is 8.59. The zero-order valence-electron chi connectivity index (χ0n) is 22.8. The number of nitrogens with one attached hydrogen (secondary N) is 2.